The van der Waals surface area contributed by atoms with E-state index < -0.39 is 0 Å². The van der Waals surface area contributed by atoms with Gasteiger partial charge in [0.05, 0.1) is 5.69 Å². The van der Waals surface area contributed by atoms with E-state index in [2.05, 4.69) is 40.3 Å². The summed E-state index contributed by atoms with van der Waals surface area (Å²) in [4.78, 5) is 7.24. The number of fused-ring (bicyclic) bond motifs is 1. The molecule has 92 valence electrons. The lowest BCUT2D eigenvalue weighted by atomic mass is 9.92. The van der Waals surface area contributed by atoms with Crippen LogP contribution >= 0.6 is 0 Å². The molecule has 2 unspecified atom stereocenters. The Hall–Kier alpha value is -0.930. The van der Waals surface area contributed by atoms with Crippen molar-refractivity contribution in [2.75, 3.05) is 19.6 Å². The summed E-state index contributed by atoms with van der Waals surface area (Å²) in [6.07, 6.45) is 2.74. The zero-order valence-electron chi connectivity index (χ0n) is 10.5. The summed E-state index contributed by atoms with van der Waals surface area (Å²) in [5.74, 6) is 0.869. The average Bonchev–Trinajstić information content (AvgIpc) is 2.78. The molecular weight excluding hydrogens is 210 g/mol. The third kappa shape index (κ3) is 2.35. The molecule has 3 heterocycles. The molecule has 0 aliphatic carbocycles. The van der Waals surface area contributed by atoms with Gasteiger partial charge in [-0.25, -0.2) is 0 Å². The van der Waals surface area contributed by atoms with Gasteiger partial charge in [0.25, 0.3) is 0 Å². The van der Waals surface area contributed by atoms with Crippen molar-refractivity contribution < 1.29 is 0 Å². The summed E-state index contributed by atoms with van der Waals surface area (Å²) in [6, 6.07) is 7.08. The minimum absolute atomic E-state index is 0.742. The first-order chi connectivity index (χ1) is 8.33. The molecule has 0 amide bonds. The van der Waals surface area contributed by atoms with Crippen LogP contribution in [0.2, 0.25) is 0 Å². The van der Waals surface area contributed by atoms with Gasteiger partial charge in [0.1, 0.15) is 0 Å². The lowest BCUT2D eigenvalue weighted by molar-refractivity contribution is 0.116. The lowest BCUT2D eigenvalue weighted by Gasteiger charge is -2.36. The number of nitrogens with zero attached hydrogens (tertiary/aromatic N) is 2. The molecule has 1 aromatic heterocycles. The van der Waals surface area contributed by atoms with E-state index in [0.29, 0.717) is 0 Å². The molecule has 0 aromatic carbocycles. The molecule has 3 heteroatoms. The van der Waals surface area contributed by atoms with Crippen molar-refractivity contribution >= 4 is 0 Å². The highest BCUT2D eigenvalue weighted by molar-refractivity contribution is 5.10. The number of hydrogen-bond donors (Lipinski definition) is 1. The average molecular weight is 231 g/mol. The van der Waals surface area contributed by atoms with E-state index in [0.717, 1.165) is 30.7 Å². The van der Waals surface area contributed by atoms with Crippen LogP contribution in [0.25, 0.3) is 0 Å². The second-order valence-corrected chi connectivity index (χ2v) is 5.37. The normalized spacial score (nSPS) is 29.2. The van der Waals surface area contributed by atoms with Crippen molar-refractivity contribution in [3.05, 3.63) is 29.6 Å². The first-order valence-electron chi connectivity index (χ1n) is 6.70. The minimum atomic E-state index is 0.742. The van der Waals surface area contributed by atoms with Crippen LogP contribution in [0, 0.1) is 12.8 Å². The topological polar surface area (TPSA) is 28.2 Å². The molecule has 0 radical (unpaired) electrons. The Labute approximate surface area is 103 Å². The maximum atomic E-state index is 4.62. The van der Waals surface area contributed by atoms with Crippen LogP contribution in [0.15, 0.2) is 18.2 Å². The number of nitrogens with one attached hydrogen (secondary N) is 1. The van der Waals surface area contributed by atoms with Gasteiger partial charge in [-0.2, -0.15) is 0 Å². The van der Waals surface area contributed by atoms with Crippen molar-refractivity contribution in [2.45, 2.75) is 32.4 Å². The van der Waals surface area contributed by atoms with E-state index in [1.54, 1.807) is 0 Å². The van der Waals surface area contributed by atoms with Crippen molar-refractivity contribution in [2.24, 2.45) is 5.92 Å². The molecule has 2 fully saturated rings. The summed E-state index contributed by atoms with van der Waals surface area (Å²) < 4.78 is 0. The summed E-state index contributed by atoms with van der Waals surface area (Å²) in [5, 5.41) is 3.53. The molecule has 2 saturated heterocycles. The third-order valence-electron chi connectivity index (χ3n) is 4.10. The van der Waals surface area contributed by atoms with Crippen molar-refractivity contribution in [3.8, 4) is 0 Å². The number of piperidine rings is 1. The maximum absolute atomic E-state index is 4.62. The van der Waals surface area contributed by atoms with Gasteiger partial charge in [-0.15, -0.1) is 0 Å². The SMILES string of the molecule is Cc1cccc(CN2CCCC3CNCC32)n1. The van der Waals surface area contributed by atoms with Gasteiger partial charge in [0.15, 0.2) is 0 Å². The van der Waals surface area contributed by atoms with Gasteiger partial charge < -0.3 is 5.32 Å². The predicted octanol–water partition coefficient (Wildman–Crippen LogP) is 1.57. The molecule has 2 aliphatic heterocycles. The highest BCUT2D eigenvalue weighted by atomic mass is 15.2. The lowest BCUT2D eigenvalue weighted by Crippen LogP contribution is -2.44. The summed E-state index contributed by atoms with van der Waals surface area (Å²) in [6.45, 7) is 6.70. The zero-order chi connectivity index (χ0) is 11.7. The Morgan fingerprint density at radius 3 is 3.24 bits per heavy atom. The Morgan fingerprint density at radius 2 is 2.35 bits per heavy atom. The molecule has 1 aromatic rings. The first-order valence-corrected chi connectivity index (χ1v) is 6.70. The third-order valence-corrected chi connectivity index (χ3v) is 4.10. The molecule has 0 bridgehead atoms. The number of aromatic nitrogens is 1. The van der Waals surface area contributed by atoms with Crippen LogP contribution in [0.4, 0.5) is 0 Å². The van der Waals surface area contributed by atoms with Gasteiger partial charge in [0, 0.05) is 24.8 Å². The molecule has 0 saturated carbocycles. The Kier molecular flexibility index (Phi) is 3.12. The number of pyridine rings is 1. The monoisotopic (exact) mass is 231 g/mol. The van der Waals surface area contributed by atoms with Crippen molar-refractivity contribution in [1.29, 1.82) is 0 Å². The smallest absolute Gasteiger partial charge is 0.0547 e. The Balaban J connectivity index is 1.71. The van der Waals surface area contributed by atoms with Gasteiger partial charge >= 0.3 is 0 Å². The molecule has 1 N–H and O–H groups in total. The molecular formula is C14H21N3. The summed E-state index contributed by atoms with van der Waals surface area (Å²) in [5.41, 5.74) is 2.35. The fourth-order valence-electron chi connectivity index (χ4n) is 3.26. The van der Waals surface area contributed by atoms with Crippen LogP contribution in [0.1, 0.15) is 24.2 Å². The van der Waals surface area contributed by atoms with Crippen LogP contribution in [-0.2, 0) is 6.54 Å². The van der Waals surface area contributed by atoms with E-state index in [1.807, 2.05) is 0 Å². The van der Waals surface area contributed by atoms with Crippen molar-refractivity contribution in [3.63, 3.8) is 0 Å². The van der Waals surface area contributed by atoms with Gasteiger partial charge in [-0.05, 0) is 50.9 Å². The van der Waals surface area contributed by atoms with E-state index >= 15 is 0 Å². The molecule has 2 aliphatic rings. The number of rotatable bonds is 2. The molecule has 2 atom stereocenters. The standard InChI is InChI=1S/C14H21N3/c1-11-4-2-6-13(16-11)10-17-7-3-5-12-8-15-9-14(12)17/h2,4,6,12,14-15H,3,5,7-10H2,1H3. The fourth-order valence-corrected chi connectivity index (χ4v) is 3.26. The molecule has 17 heavy (non-hydrogen) atoms. The van der Waals surface area contributed by atoms with Gasteiger partial charge in [-0.3, -0.25) is 9.88 Å². The number of likely N-dealkylation sites (tertiary alicyclic amines) is 1. The highest BCUT2D eigenvalue weighted by Gasteiger charge is 2.34. The quantitative estimate of drug-likeness (QED) is 0.837. The Bertz CT molecular complexity index is 391. The van der Waals surface area contributed by atoms with E-state index in [9.17, 15) is 0 Å². The number of hydrogen-bond acceptors (Lipinski definition) is 3. The molecule has 3 nitrogen and oxygen atoms in total. The summed E-state index contributed by atoms with van der Waals surface area (Å²) in [7, 11) is 0. The minimum Gasteiger partial charge on any atom is -0.315 e. The number of aryl methyl sites for hydroxylation is 1. The molecule has 0 spiro atoms. The van der Waals surface area contributed by atoms with Gasteiger partial charge in [-0.1, -0.05) is 6.07 Å². The van der Waals surface area contributed by atoms with E-state index in [4.69, 9.17) is 0 Å². The van der Waals surface area contributed by atoms with E-state index in [-0.39, 0.29) is 0 Å². The van der Waals surface area contributed by atoms with Crippen LogP contribution < -0.4 is 5.32 Å². The van der Waals surface area contributed by atoms with E-state index in [1.165, 1.54) is 31.6 Å². The largest absolute Gasteiger partial charge is 0.315 e. The summed E-state index contributed by atoms with van der Waals surface area (Å²) >= 11 is 0. The van der Waals surface area contributed by atoms with Crippen LogP contribution in [-0.4, -0.2) is 35.6 Å². The zero-order valence-corrected chi connectivity index (χ0v) is 10.5. The fraction of sp³-hybridized carbons (Fsp3) is 0.643. The second-order valence-electron chi connectivity index (χ2n) is 5.37. The van der Waals surface area contributed by atoms with Gasteiger partial charge in [0.2, 0.25) is 0 Å². The first kappa shape index (κ1) is 11.2. The highest BCUT2D eigenvalue weighted by Crippen LogP contribution is 2.27. The second kappa shape index (κ2) is 4.75. The predicted molar refractivity (Wildman–Crippen MR) is 68.8 cm³/mol. The van der Waals surface area contributed by atoms with Crippen molar-refractivity contribution in [1.82, 2.24) is 15.2 Å². The maximum Gasteiger partial charge on any atom is 0.0547 e. The van der Waals surface area contributed by atoms with Crippen LogP contribution in [0.5, 0.6) is 0 Å². The van der Waals surface area contributed by atoms with Crippen LogP contribution in [0.3, 0.4) is 0 Å². The Morgan fingerprint density at radius 1 is 1.41 bits per heavy atom. The molecule has 3 rings (SSSR count).